The number of nitrogens with zero attached hydrogens (tertiary/aromatic N) is 1. The molecule has 15 heavy (non-hydrogen) atoms. The van der Waals surface area contributed by atoms with Gasteiger partial charge in [-0.05, 0) is 11.6 Å². The van der Waals surface area contributed by atoms with Crippen LogP contribution in [0.15, 0.2) is 17.1 Å². The van der Waals surface area contributed by atoms with Crippen molar-refractivity contribution in [2.45, 2.75) is 27.2 Å². The summed E-state index contributed by atoms with van der Waals surface area (Å²) in [6, 6.07) is 2.77. The van der Waals surface area contributed by atoms with Crippen molar-refractivity contribution in [3.63, 3.8) is 0 Å². The van der Waals surface area contributed by atoms with Gasteiger partial charge in [-0.2, -0.15) is 0 Å². The molecule has 0 spiro atoms. The van der Waals surface area contributed by atoms with E-state index in [-0.39, 0.29) is 11.1 Å². The quantitative estimate of drug-likeness (QED) is 0.618. The number of rotatable bonds is 0. The van der Waals surface area contributed by atoms with Crippen LogP contribution in [-0.4, -0.2) is 5.71 Å². The predicted molar refractivity (Wildman–Crippen MR) is 56.6 cm³/mol. The third-order valence-corrected chi connectivity index (χ3v) is 2.62. The van der Waals surface area contributed by atoms with Crippen molar-refractivity contribution < 1.29 is 8.78 Å². The van der Waals surface area contributed by atoms with Gasteiger partial charge >= 0.3 is 0 Å². The second kappa shape index (κ2) is 3.12. The molecule has 1 aromatic carbocycles. The van der Waals surface area contributed by atoms with E-state index in [1.54, 1.807) is 6.07 Å². The molecule has 0 radical (unpaired) electrons. The van der Waals surface area contributed by atoms with Crippen LogP contribution in [0.25, 0.3) is 0 Å². The average molecular weight is 209 g/mol. The van der Waals surface area contributed by atoms with Crippen LogP contribution in [0.5, 0.6) is 0 Å². The first-order valence-electron chi connectivity index (χ1n) is 4.94. The summed E-state index contributed by atoms with van der Waals surface area (Å²) in [4.78, 5) is 4.18. The van der Waals surface area contributed by atoms with Crippen molar-refractivity contribution in [3.05, 3.63) is 29.3 Å². The summed E-state index contributed by atoms with van der Waals surface area (Å²) in [7, 11) is 0. The molecule has 1 heterocycles. The predicted octanol–water partition coefficient (Wildman–Crippen LogP) is 3.64. The van der Waals surface area contributed by atoms with E-state index >= 15 is 0 Å². The summed E-state index contributed by atoms with van der Waals surface area (Å²) in [5.41, 5.74) is 1.77. The zero-order chi connectivity index (χ0) is 11.2. The maximum Gasteiger partial charge on any atom is 0.184 e. The molecule has 0 aromatic heterocycles. The summed E-state index contributed by atoms with van der Waals surface area (Å²) in [6.45, 7) is 6.06. The van der Waals surface area contributed by atoms with Crippen molar-refractivity contribution in [2.24, 2.45) is 10.4 Å². The molecular formula is C12H13F2N. The number of hydrogen-bond donors (Lipinski definition) is 0. The van der Waals surface area contributed by atoms with Crippen LogP contribution < -0.4 is 0 Å². The zero-order valence-electron chi connectivity index (χ0n) is 9.06. The minimum absolute atomic E-state index is 0.0953. The Kier molecular flexibility index (Phi) is 2.14. The lowest BCUT2D eigenvalue weighted by molar-refractivity contribution is 0.510. The van der Waals surface area contributed by atoms with Gasteiger partial charge in [-0.15, -0.1) is 0 Å². The zero-order valence-corrected chi connectivity index (χ0v) is 9.06. The molecule has 0 atom stereocenters. The monoisotopic (exact) mass is 209 g/mol. The van der Waals surface area contributed by atoms with Crippen molar-refractivity contribution in [3.8, 4) is 0 Å². The molecule has 0 aliphatic carbocycles. The Balaban J connectivity index is 2.50. The number of benzene rings is 1. The van der Waals surface area contributed by atoms with Crippen molar-refractivity contribution in [1.82, 2.24) is 0 Å². The minimum Gasteiger partial charge on any atom is -0.253 e. The van der Waals surface area contributed by atoms with Crippen LogP contribution in [0.1, 0.15) is 26.3 Å². The lowest BCUT2D eigenvalue weighted by Gasteiger charge is -2.17. The normalized spacial score (nSPS) is 15.1. The fourth-order valence-corrected chi connectivity index (χ4v) is 1.63. The van der Waals surface area contributed by atoms with Crippen molar-refractivity contribution >= 4 is 11.4 Å². The Hall–Kier alpha value is -1.25. The Bertz CT molecular complexity index is 442. The van der Waals surface area contributed by atoms with E-state index in [2.05, 4.69) is 4.99 Å². The van der Waals surface area contributed by atoms with E-state index in [0.717, 1.165) is 17.3 Å². The summed E-state index contributed by atoms with van der Waals surface area (Å²) >= 11 is 0. The van der Waals surface area contributed by atoms with Gasteiger partial charge in [0.1, 0.15) is 5.69 Å². The fourth-order valence-electron chi connectivity index (χ4n) is 1.63. The van der Waals surface area contributed by atoms with Crippen LogP contribution in [0.3, 0.4) is 0 Å². The lowest BCUT2D eigenvalue weighted by Crippen LogP contribution is -2.19. The number of hydrogen-bond acceptors (Lipinski definition) is 1. The number of aliphatic imine (C=N–C) groups is 1. The van der Waals surface area contributed by atoms with Gasteiger partial charge in [0, 0.05) is 17.5 Å². The van der Waals surface area contributed by atoms with Crippen molar-refractivity contribution in [1.29, 1.82) is 0 Å². The molecule has 0 fully saturated rings. The van der Waals surface area contributed by atoms with Crippen LogP contribution in [0.4, 0.5) is 14.5 Å². The highest BCUT2D eigenvalue weighted by molar-refractivity contribution is 5.97. The Morgan fingerprint density at radius 2 is 1.87 bits per heavy atom. The Morgan fingerprint density at radius 1 is 1.20 bits per heavy atom. The van der Waals surface area contributed by atoms with Gasteiger partial charge in [0.05, 0.1) is 0 Å². The first-order valence-corrected chi connectivity index (χ1v) is 4.94. The highest BCUT2D eigenvalue weighted by Gasteiger charge is 2.27. The average Bonchev–Trinajstić information content (AvgIpc) is 2.55. The van der Waals surface area contributed by atoms with Gasteiger partial charge in [-0.3, -0.25) is 4.99 Å². The van der Waals surface area contributed by atoms with Gasteiger partial charge in [-0.25, -0.2) is 8.78 Å². The largest absolute Gasteiger partial charge is 0.253 e. The van der Waals surface area contributed by atoms with Gasteiger partial charge in [0.25, 0.3) is 0 Å². The van der Waals surface area contributed by atoms with E-state index in [4.69, 9.17) is 0 Å². The van der Waals surface area contributed by atoms with E-state index < -0.39 is 11.6 Å². The molecule has 2 rings (SSSR count). The third kappa shape index (κ3) is 1.66. The summed E-state index contributed by atoms with van der Waals surface area (Å²) in [5, 5.41) is 0. The fraction of sp³-hybridized carbons (Fsp3) is 0.417. The van der Waals surface area contributed by atoms with Gasteiger partial charge in [0.2, 0.25) is 0 Å². The van der Waals surface area contributed by atoms with Gasteiger partial charge in [0.15, 0.2) is 11.6 Å². The van der Waals surface area contributed by atoms with Gasteiger partial charge < -0.3 is 0 Å². The first-order chi connectivity index (χ1) is 6.89. The first kappa shape index (κ1) is 10.3. The summed E-state index contributed by atoms with van der Waals surface area (Å²) < 4.78 is 26.3. The molecule has 0 saturated carbocycles. The summed E-state index contributed by atoms with van der Waals surface area (Å²) in [5.74, 6) is -1.65. The highest BCUT2D eigenvalue weighted by Crippen LogP contribution is 2.35. The molecule has 0 saturated heterocycles. The smallest absolute Gasteiger partial charge is 0.184 e. The van der Waals surface area contributed by atoms with E-state index in [9.17, 15) is 8.78 Å². The standard InChI is InChI=1S/C12H13F2N/c1-12(2,3)9-6-7-4-5-8(13)10(14)11(7)15-9/h4-5H,6H2,1-3H3. The Morgan fingerprint density at radius 3 is 2.47 bits per heavy atom. The molecular weight excluding hydrogens is 196 g/mol. The number of fused-ring (bicyclic) bond motifs is 1. The molecule has 0 bridgehead atoms. The van der Waals surface area contributed by atoms with E-state index in [0.29, 0.717) is 6.42 Å². The van der Waals surface area contributed by atoms with Crippen LogP contribution >= 0.6 is 0 Å². The molecule has 1 nitrogen and oxygen atoms in total. The molecule has 1 aliphatic heterocycles. The SMILES string of the molecule is CC(C)(C)C1=Nc2c(ccc(F)c2F)C1. The maximum atomic E-state index is 13.4. The third-order valence-electron chi connectivity index (χ3n) is 2.62. The van der Waals surface area contributed by atoms with Crippen LogP contribution in [-0.2, 0) is 6.42 Å². The summed E-state index contributed by atoms with van der Waals surface area (Å²) in [6.07, 6.45) is 0.621. The minimum atomic E-state index is -0.827. The molecule has 1 aromatic rings. The molecule has 0 unspecified atom stereocenters. The molecule has 0 N–H and O–H groups in total. The number of halogens is 2. The van der Waals surface area contributed by atoms with E-state index in [1.165, 1.54) is 0 Å². The molecule has 80 valence electrons. The Labute approximate surface area is 87.8 Å². The molecule has 1 aliphatic rings. The van der Waals surface area contributed by atoms with E-state index in [1.807, 2.05) is 20.8 Å². The second-order valence-electron chi connectivity index (χ2n) is 4.85. The molecule has 0 amide bonds. The van der Waals surface area contributed by atoms with Crippen molar-refractivity contribution in [2.75, 3.05) is 0 Å². The molecule has 3 heteroatoms. The highest BCUT2D eigenvalue weighted by atomic mass is 19.2. The van der Waals surface area contributed by atoms with Crippen LogP contribution in [0.2, 0.25) is 0 Å². The lowest BCUT2D eigenvalue weighted by atomic mass is 9.87. The van der Waals surface area contributed by atoms with Gasteiger partial charge in [-0.1, -0.05) is 26.8 Å². The second-order valence-corrected chi connectivity index (χ2v) is 4.85. The van der Waals surface area contributed by atoms with Crippen LogP contribution in [0, 0.1) is 17.0 Å². The maximum absolute atomic E-state index is 13.4. The topological polar surface area (TPSA) is 12.4 Å².